The number of carbonyl (C=O) groups excluding carboxylic acids is 2. The molecular weight excluding hydrogens is 266 g/mol. The van der Waals surface area contributed by atoms with Crippen molar-refractivity contribution in [3.63, 3.8) is 0 Å². The van der Waals surface area contributed by atoms with E-state index < -0.39 is 0 Å². The lowest BCUT2D eigenvalue weighted by atomic mass is 10.0. The average molecular weight is 289 g/mol. The fourth-order valence-electron chi connectivity index (χ4n) is 2.71. The Morgan fingerprint density at radius 2 is 1.86 bits per heavy atom. The van der Waals surface area contributed by atoms with Crippen LogP contribution in [0.2, 0.25) is 0 Å². The fraction of sp³-hybridized carbons (Fsp3) is 0.500. The van der Waals surface area contributed by atoms with Crippen molar-refractivity contribution in [2.75, 3.05) is 17.6 Å². The van der Waals surface area contributed by atoms with Gasteiger partial charge in [0.05, 0.1) is 17.9 Å². The van der Waals surface area contributed by atoms with Crippen LogP contribution in [0, 0.1) is 5.92 Å². The molecule has 21 heavy (non-hydrogen) atoms. The van der Waals surface area contributed by atoms with Crippen LogP contribution in [-0.2, 0) is 9.59 Å². The van der Waals surface area contributed by atoms with Crippen molar-refractivity contribution in [1.82, 2.24) is 5.32 Å². The Hall–Kier alpha value is -2.04. The van der Waals surface area contributed by atoms with Crippen LogP contribution >= 0.6 is 0 Å². The Balaban J connectivity index is 1.66. The number of benzene rings is 1. The summed E-state index contributed by atoms with van der Waals surface area (Å²) < 4.78 is 0. The summed E-state index contributed by atoms with van der Waals surface area (Å²) in [5.74, 6) is 0.369. The van der Waals surface area contributed by atoms with E-state index in [0.717, 1.165) is 6.42 Å². The SMILES string of the molecule is Nc1ccccc1NC(=O)CNC(=O)CCC1CCCC1. The number of hydrogen-bond acceptors (Lipinski definition) is 3. The van der Waals surface area contributed by atoms with E-state index in [9.17, 15) is 9.59 Å². The molecule has 114 valence electrons. The van der Waals surface area contributed by atoms with Gasteiger partial charge in [-0.1, -0.05) is 37.8 Å². The van der Waals surface area contributed by atoms with Gasteiger partial charge in [0, 0.05) is 6.42 Å². The zero-order valence-electron chi connectivity index (χ0n) is 12.2. The van der Waals surface area contributed by atoms with E-state index in [1.807, 2.05) is 0 Å². The van der Waals surface area contributed by atoms with Crippen LogP contribution in [0.4, 0.5) is 11.4 Å². The lowest BCUT2D eigenvalue weighted by Crippen LogP contribution is -2.33. The zero-order chi connectivity index (χ0) is 15.1. The van der Waals surface area contributed by atoms with Crippen molar-refractivity contribution in [1.29, 1.82) is 0 Å². The van der Waals surface area contributed by atoms with E-state index >= 15 is 0 Å². The second kappa shape index (κ2) is 7.67. The Morgan fingerprint density at radius 1 is 1.14 bits per heavy atom. The molecule has 1 aliphatic rings. The third-order valence-corrected chi connectivity index (χ3v) is 3.94. The van der Waals surface area contributed by atoms with Crippen molar-refractivity contribution in [3.8, 4) is 0 Å². The molecule has 0 heterocycles. The first-order valence-corrected chi connectivity index (χ1v) is 7.56. The highest BCUT2D eigenvalue weighted by Gasteiger charge is 2.16. The molecule has 2 rings (SSSR count). The van der Waals surface area contributed by atoms with Gasteiger partial charge >= 0.3 is 0 Å². The molecule has 0 unspecified atom stereocenters. The molecule has 1 aromatic rings. The normalized spacial score (nSPS) is 14.9. The summed E-state index contributed by atoms with van der Waals surface area (Å²) >= 11 is 0. The summed E-state index contributed by atoms with van der Waals surface area (Å²) in [7, 11) is 0. The minimum absolute atomic E-state index is 0.0160. The molecular formula is C16H23N3O2. The highest BCUT2D eigenvalue weighted by atomic mass is 16.2. The van der Waals surface area contributed by atoms with Gasteiger partial charge < -0.3 is 16.4 Å². The van der Waals surface area contributed by atoms with Crippen molar-refractivity contribution in [2.45, 2.75) is 38.5 Å². The largest absolute Gasteiger partial charge is 0.397 e. The lowest BCUT2D eigenvalue weighted by Gasteiger charge is -2.10. The van der Waals surface area contributed by atoms with Crippen LogP contribution < -0.4 is 16.4 Å². The lowest BCUT2D eigenvalue weighted by molar-refractivity contribution is -0.124. The number of amides is 2. The van der Waals surface area contributed by atoms with Gasteiger partial charge in [0.1, 0.15) is 0 Å². The smallest absolute Gasteiger partial charge is 0.243 e. The molecule has 0 radical (unpaired) electrons. The molecule has 0 aromatic heterocycles. The minimum Gasteiger partial charge on any atom is -0.397 e. The number of nitrogens with two attached hydrogens (primary N) is 1. The Kier molecular flexibility index (Phi) is 5.60. The second-order valence-corrected chi connectivity index (χ2v) is 5.60. The monoisotopic (exact) mass is 289 g/mol. The highest BCUT2D eigenvalue weighted by Crippen LogP contribution is 2.28. The first-order valence-electron chi connectivity index (χ1n) is 7.56. The second-order valence-electron chi connectivity index (χ2n) is 5.60. The van der Waals surface area contributed by atoms with E-state index in [1.54, 1.807) is 24.3 Å². The van der Waals surface area contributed by atoms with Crippen LogP contribution in [0.25, 0.3) is 0 Å². The van der Waals surface area contributed by atoms with Gasteiger partial charge in [-0.3, -0.25) is 9.59 Å². The zero-order valence-corrected chi connectivity index (χ0v) is 12.2. The van der Waals surface area contributed by atoms with Gasteiger partial charge in [0.2, 0.25) is 11.8 Å². The van der Waals surface area contributed by atoms with Crippen LogP contribution in [0.5, 0.6) is 0 Å². The third kappa shape index (κ3) is 5.10. The highest BCUT2D eigenvalue weighted by molar-refractivity contribution is 5.96. The van der Waals surface area contributed by atoms with Crippen LogP contribution in [0.15, 0.2) is 24.3 Å². The molecule has 1 aromatic carbocycles. The van der Waals surface area contributed by atoms with Crippen molar-refractivity contribution >= 4 is 23.2 Å². The summed E-state index contributed by atoms with van der Waals surface area (Å²) in [6.45, 7) is -0.0160. The third-order valence-electron chi connectivity index (χ3n) is 3.94. The first kappa shape index (κ1) is 15.4. The van der Waals surface area contributed by atoms with Crippen LogP contribution in [-0.4, -0.2) is 18.4 Å². The summed E-state index contributed by atoms with van der Waals surface area (Å²) in [5.41, 5.74) is 6.82. The van der Waals surface area contributed by atoms with Crippen molar-refractivity contribution < 1.29 is 9.59 Å². The van der Waals surface area contributed by atoms with E-state index in [2.05, 4.69) is 10.6 Å². The standard InChI is InChI=1S/C16H23N3O2/c17-13-7-3-4-8-14(13)19-16(21)11-18-15(20)10-9-12-5-1-2-6-12/h3-4,7-8,12H,1-2,5-6,9-11,17H2,(H,18,20)(H,19,21). The predicted octanol–water partition coefficient (Wildman–Crippen LogP) is 2.29. The van der Waals surface area contributed by atoms with E-state index in [1.165, 1.54) is 25.7 Å². The summed E-state index contributed by atoms with van der Waals surface area (Å²) in [4.78, 5) is 23.5. The molecule has 4 N–H and O–H groups in total. The Morgan fingerprint density at radius 3 is 2.57 bits per heavy atom. The van der Waals surface area contributed by atoms with Gasteiger partial charge in [-0.05, 0) is 24.5 Å². The van der Waals surface area contributed by atoms with E-state index in [0.29, 0.717) is 23.7 Å². The maximum absolute atomic E-state index is 11.7. The maximum atomic E-state index is 11.7. The number of rotatable bonds is 6. The fourth-order valence-corrected chi connectivity index (χ4v) is 2.71. The number of para-hydroxylation sites is 2. The molecule has 0 bridgehead atoms. The van der Waals surface area contributed by atoms with E-state index in [4.69, 9.17) is 5.73 Å². The quantitative estimate of drug-likeness (QED) is 0.702. The molecule has 1 aliphatic carbocycles. The topological polar surface area (TPSA) is 84.2 Å². The first-order chi connectivity index (χ1) is 10.1. The predicted molar refractivity (Wildman–Crippen MR) is 83.7 cm³/mol. The summed E-state index contributed by atoms with van der Waals surface area (Å²) in [6.07, 6.45) is 6.48. The number of nitrogens with one attached hydrogen (secondary N) is 2. The molecule has 1 fully saturated rings. The Bertz CT molecular complexity index is 496. The molecule has 5 nitrogen and oxygen atoms in total. The average Bonchev–Trinajstić information content (AvgIpc) is 2.99. The van der Waals surface area contributed by atoms with Gasteiger partial charge in [0.15, 0.2) is 0 Å². The molecule has 0 atom stereocenters. The minimum atomic E-state index is -0.262. The van der Waals surface area contributed by atoms with Crippen molar-refractivity contribution in [2.24, 2.45) is 5.92 Å². The van der Waals surface area contributed by atoms with Gasteiger partial charge in [-0.15, -0.1) is 0 Å². The molecule has 5 heteroatoms. The van der Waals surface area contributed by atoms with Gasteiger partial charge in [-0.25, -0.2) is 0 Å². The molecule has 0 spiro atoms. The molecule has 0 saturated heterocycles. The number of anilines is 2. The molecule has 0 aliphatic heterocycles. The van der Waals surface area contributed by atoms with Crippen LogP contribution in [0.1, 0.15) is 38.5 Å². The van der Waals surface area contributed by atoms with Crippen molar-refractivity contribution in [3.05, 3.63) is 24.3 Å². The summed E-state index contributed by atoms with van der Waals surface area (Å²) in [5, 5.41) is 5.34. The maximum Gasteiger partial charge on any atom is 0.243 e. The molecule has 1 saturated carbocycles. The van der Waals surface area contributed by atoms with Crippen LogP contribution in [0.3, 0.4) is 0 Å². The Labute approximate surface area is 125 Å². The summed E-state index contributed by atoms with van der Waals surface area (Å²) in [6, 6.07) is 7.05. The van der Waals surface area contributed by atoms with E-state index in [-0.39, 0.29) is 18.4 Å². The number of nitrogen functional groups attached to an aromatic ring is 1. The number of hydrogen-bond donors (Lipinski definition) is 3. The van der Waals surface area contributed by atoms with Gasteiger partial charge in [0.25, 0.3) is 0 Å². The molecule has 2 amide bonds. The van der Waals surface area contributed by atoms with Gasteiger partial charge in [-0.2, -0.15) is 0 Å². The number of carbonyl (C=O) groups is 2.